The highest BCUT2D eigenvalue weighted by molar-refractivity contribution is 6.39. The van der Waals surface area contributed by atoms with Gasteiger partial charge in [0.2, 0.25) is 0 Å². The van der Waals surface area contributed by atoms with Crippen molar-refractivity contribution in [1.29, 1.82) is 0 Å². The van der Waals surface area contributed by atoms with Gasteiger partial charge in [0.05, 0.1) is 66.4 Å². The third kappa shape index (κ3) is 10.1. The molecule has 0 saturated carbocycles. The average molecular weight is 714 g/mol. The van der Waals surface area contributed by atoms with Gasteiger partial charge in [-0.15, -0.1) is 0 Å². The number of ether oxygens (including phenoxy) is 4. The second-order valence-corrected chi connectivity index (χ2v) is 12.5. The second kappa shape index (κ2) is 20.6. The Morgan fingerprint density at radius 3 is 2.02 bits per heavy atom. The first kappa shape index (κ1) is 40.4. The van der Waals surface area contributed by atoms with Crippen molar-refractivity contribution < 1.29 is 29.2 Å². The normalized spacial score (nSPS) is 15.6. The van der Waals surface area contributed by atoms with E-state index in [1.54, 1.807) is 20.4 Å². The molecule has 1 aromatic carbocycles. The van der Waals surface area contributed by atoms with Crippen LogP contribution in [0.15, 0.2) is 72.7 Å². The van der Waals surface area contributed by atoms with E-state index in [2.05, 4.69) is 38.4 Å². The molecule has 1 aromatic heterocycles. The highest BCUT2D eigenvalue weighted by Gasteiger charge is 2.21. The van der Waals surface area contributed by atoms with E-state index in [1.807, 2.05) is 31.3 Å². The van der Waals surface area contributed by atoms with E-state index in [1.165, 1.54) is 16.7 Å². The summed E-state index contributed by atoms with van der Waals surface area (Å²) in [6.07, 6.45) is 12.1. The molecule has 2 aromatic rings. The van der Waals surface area contributed by atoms with Gasteiger partial charge >= 0.3 is 0 Å². The fourth-order valence-corrected chi connectivity index (χ4v) is 6.30. The number of aliphatic hydroxyl groups is 2. The Morgan fingerprint density at radius 1 is 0.827 bits per heavy atom. The van der Waals surface area contributed by atoms with E-state index in [0.717, 1.165) is 64.5 Å². The first-order valence-electron chi connectivity index (χ1n) is 18.2. The van der Waals surface area contributed by atoms with Gasteiger partial charge in [-0.05, 0) is 97.9 Å². The highest BCUT2D eigenvalue weighted by atomic mass is 16.5. The molecule has 3 heterocycles. The number of hydrogen-bond acceptors (Lipinski definition) is 10. The number of nitrogens with zero attached hydrogens (tertiary/aromatic N) is 4. The Labute approximate surface area is 308 Å². The molecule has 4 rings (SSSR count). The largest absolute Gasteiger partial charge is 0.487 e. The average Bonchev–Trinajstić information content (AvgIpc) is 3.79. The van der Waals surface area contributed by atoms with Crippen LogP contribution in [-0.4, -0.2) is 99.5 Å². The van der Waals surface area contributed by atoms with Gasteiger partial charge < -0.3 is 34.1 Å². The number of aromatic nitrogens is 1. The van der Waals surface area contributed by atoms with Crippen molar-refractivity contribution in [2.75, 3.05) is 60.4 Å². The van der Waals surface area contributed by atoms with Crippen molar-refractivity contribution in [3.63, 3.8) is 0 Å². The predicted molar refractivity (Wildman–Crippen MR) is 212 cm³/mol. The number of H-pyrrole nitrogens is 1. The van der Waals surface area contributed by atoms with Gasteiger partial charge in [0.15, 0.2) is 11.5 Å². The van der Waals surface area contributed by atoms with E-state index >= 15 is 0 Å². The Kier molecular flexibility index (Phi) is 16.0. The van der Waals surface area contributed by atoms with Crippen LogP contribution in [0, 0.1) is 6.92 Å². The van der Waals surface area contributed by atoms with Crippen LogP contribution in [0.4, 0.5) is 11.4 Å². The standard InChI is InChI=1S/C41H55N5O6/c1-8-30-31(9-2)34(45-33(30)10-3)21-35-32(14-12-16-48)28(5)39(46-35)26-44-37-23-41(52-20-18-50-7)40(51-19-17-49-6)22-36(37)43-25-38-27(4)29(24-42-38)13-11-15-47/h10,21-23,25-26,46-48H,3,8-9,11-20,24H2,1-2,4-7H3. The number of nitrogens with one attached hydrogen (secondary N) is 1. The topological polar surface area (TPSA) is 143 Å². The Morgan fingerprint density at radius 2 is 1.44 bits per heavy atom. The molecule has 2 aliphatic rings. The number of methoxy groups -OCH3 is 2. The summed E-state index contributed by atoms with van der Waals surface area (Å²) in [6, 6.07) is 3.65. The van der Waals surface area contributed by atoms with Gasteiger partial charge in [-0.1, -0.05) is 20.4 Å². The molecular formula is C41H55N5O6. The van der Waals surface area contributed by atoms with Crippen LogP contribution in [0.2, 0.25) is 0 Å². The quantitative estimate of drug-likeness (QED) is 0.0858. The first-order chi connectivity index (χ1) is 25.3. The van der Waals surface area contributed by atoms with Gasteiger partial charge in [-0.25, -0.2) is 4.99 Å². The number of aliphatic hydroxyl groups excluding tert-OH is 2. The molecule has 0 aliphatic carbocycles. The maximum atomic E-state index is 9.72. The lowest BCUT2D eigenvalue weighted by Gasteiger charge is -2.15. The van der Waals surface area contributed by atoms with Crippen LogP contribution in [0.5, 0.6) is 11.5 Å². The number of rotatable bonds is 22. The molecular weight excluding hydrogens is 658 g/mol. The minimum absolute atomic E-state index is 0.0951. The summed E-state index contributed by atoms with van der Waals surface area (Å²) in [4.78, 5) is 23.1. The third-order valence-corrected chi connectivity index (χ3v) is 9.22. The van der Waals surface area contributed by atoms with Gasteiger partial charge in [-0.2, -0.15) is 0 Å². The van der Waals surface area contributed by atoms with Gasteiger partial charge in [0, 0.05) is 45.3 Å². The fourth-order valence-electron chi connectivity index (χ4n) is 6.30. The Bertz CT molecular complexity index is 1780. The Hall–Kier alpha value is -4.42. The molecule has 52 heavy (non-hydrogen) atoms. The molecule has 2 aliphatic heterocycles. The van der Waals surface area contributed by atoms with Crippen molar-refractivity contribution in [2.45, 2.75) is 66.2 Å². The molecule has 0 bridgehead atoms. The fraction of sp³-hybridized carbons (Fsp3) is 0.463. The van der Waals surface area contributed by atoms with E-state index in [0.29, 0.717) is 75.1 Å². The molecule has 11 heteroatoms. The van der Waals surface area contributed by atoms with Gasteiger partial charge in [0.25, 0.3) is 0 Å². The molecule has 3 N–H and O–H groups in total. The number of allylic oxidation sites excluding steroid dienone is 4. The molecule has 0 atom stereocenters. The minimum Gasteiger partial charge on any atom is -0.487 e. The molecule has 0 spiro atoms. The van der Waals surface area contributed by atoms with Crippen LogP contribution >= 0.6 is 0 Å². The summed E-state index contributed by atoms with van der Waals surface area (Å²) in [5.41, 5.74) is 12.5. The van der Waals surface area contributed by atoms with Crippen LogP contribution in [0.25, 0.3) is 6.08 Å². The number of hydrogen-bond donors (Lipinski definition) is 3. The SMILES string of the molecule is C=CC1=NC(=Cc2[nH]c(C=Nc3cc(OCCOC)c(OCCOC)cc3N=CC3=NCC(CCCO)=C3C)c(C)c2CCCO)C(CC)=C1CC. The van der Waals surface area contributed by atoms with Gasteiger partial charge in [-0.3, -0.25) is 15.0 Å². The molecule has 0 saturated heterocycles. The maximum Gasteiger partial charge on any atom is 0.163 e. The molecule has 0 unspecified atom stereocenters. The highest BCUT2D eigenvalue weighted by Crippen LogP contribution is 2.40. The summed E-state index contributed by atoms with van der Waals surface area (Å²) >= 11 is 0. The second-order valence-electron chi connectivity index (χ2n) is 12.5. The zero-order valence-electron chi connectivity index (χ0n) is 31.7. The van der Waals surface area contributed by atoms with Crippen LogP contribution in [0.3, 0.4) is 0 Å². The summed E-state index contributed by atoms with van der Waals surface area (Å²) < 4.78 is 22.6. The molecule has 0 radical (unpaired) electrons. The van der Waals surface area contributed by atoms with Crippen molar-refractivity contribution >= 4 is 41.3 Å². The smallest absolute Gasteiger partial charge is 0.163 e. The molecule has 280 valence electrons. The summed E-state index contributed by atoms with van der Waals surface area (Å²) in [7, 11) is 3.25. The van der Waals surface area contributed by atoms with E-state index < -0.39 is 0 Å². The molecule has 0 fully saturated rings. The first-order valence-corrected chi connectivity index (χ1v) is 18.2. The maximum absolute atomic E-state index is 9.72. The predicted octanol–water partition coefficient (Wildman–Crippen LogP) is 7.39. The summed E-state index contributed by atoms with van der Waals surface area (Å²) in [6.45, 7) is 14.7. The minimum atomic E-state index is 0.0951. The molecule has 11 nitrogen and oxygen atoms in total. The van der Waals surface area contributed by atoms with Crippen molar-refractivity contribution in [2.24, 2.45) is 20.0 Å². The van der Waals surface area contributed by atoms with E-state index in [-0.39, 0.29) is 13.2 Å². The van der Waals surface area contributed by atoms with E-state index in [9.17, 15) is 10.2 Å². The summed E-state index contributed by atoms with van der Waals surface area (Å²) in [5, 5.41) is 19.0. The number of benzene rings is 1. The monoisotopic (exact) mass is 713 g/mol. The van der Waals surface area contributed by atoms with Crippen molar-refractivity contribution in [3.05, 3.63) is 75.3 Å². The zero-order valence-corrected chi connectivity index (χ0v) is 31.7. The van der Waals surface area contributed by atoms with Crippen LogP contribution in [0.1, 0.15) is 75.4 Å². The van der Waals surface area contributed by atoms with Crippen molar-refractivity contribution in [1.82, 2.24) is 4.98 Å². The van der Waals surface area contributed by atoms with Gasteiger partial charge in [0.1, 0.15) is 13.2 Å². The lowest BCUT2D eigenvalue weighted by Crippen LogP contribution is -2.08. The Balaban J connectivity index is 1.80. The number of aliphatic imine (C=N–C) groups is 4. The summed E-state index contributed by atoms with van der Waals surface area (Å²) in [5.74, 6) is 1.03. The zero-order chi connectivity index (χ0) is 37.5. The third-order valence-electron chi connectivity index (χ3n) is 9.22. The van der Waals surface area contributed by atoms with E-state index in [4.69, 9.17) is 38.9 Å². The lowest BCUT2D eigenvalue weighted by molar-refractivity contribution is 0.132. The number of aromatic amines is 1. The van der Waals surface area contributed by atoms with Crippen LogP contribution < -0.4 is 9.47 Å². The lowest BCUT2D eigenvalue weighted by atomic mass is 9.98. The molecule has 0 amide bonds. The van der Waals surface area contributed by atoms with Crippen molar-refractivity contribution in [3.8, 4) is 11.5 Å². The van der Waals surface area contributed by atoms with Crippen LogP contribution in [-0.2, 0) is 15.9 Å².